The maximum Gasteiger partial charge on any atom is 0.251 e. The third-order valence-corrected chi connectivity index (χ3v) is 4.42. The second kappa shape index (κ2) is 8.39. The minimum Gasteiger partial charge on any atom is -0.369 e. The number of aromatic nitrogens is 3. The first-order valence-corrected chi connectivity index (χ1v) is 9.55. The number of benzene rings is 1. The topological polar surface area (TPSA) is 97.3 Å². The van der Waals surface area contributed by atoms with Crippen molar-refractivity contribution in [2.24, 2.45) is 11.1 Å². The predicted molar refractivity (Wildman–Crippen MR) is 112 cm³/mol. The Morgan fingerprint density at radius 1 is 1.11 bits per heavy atom. The van der Waals surface area contributed by atoms with Crippen LogP contribution in [0.3, 0.4) is 0 Å². The van der Waals surface area contributed by atoms with Crippen LogP contribution in [-0.2, 0) is 0 Å². The molecule has 0 saturated carbocycles. The van der Waals surface area contributed by atoms with Crippen molar-refractivity contribution in [3.8, 4) is 11.3 Å². The van der Waals surface area contributed by atoms with E-state index < -0.39 is 0 Å². The van der Waals surface area contributed by atoms with Gasteiger partial charge in [0, 0.05) is 30.8 Å². The molecule has 0 saturated heterocycles. The summed E-state index contributed by atoms with van der Waals surface area (Å²) < 4.78 is 1.82. The molecule has 0 aliphatic carbocycles. The van der Waals surface area contributed by atoms with Gasteiger partial charge in [-0.2, -0.15) is 0 Å². The Kier molecular flexibility index (Phi) is 5.94. The van der Waals surface area contributed by atoms with Gasteiger partial charge in [0.15, 0.2) is 5.65 Å². The molecular formula is C21H28N6O. The Balaban J connectivity index is 1.79. The summed E-state index contributed by atoms with van der Waals surface area (Å²) >= 11 is 0. The monoisotopic (exact) mass is 380 g/mol. The number of carbonyl (C=O) groups excluding carboxylic acids is 1. The van der Waals surface area contributed by atoms with E-state index in [0.29, 0.717) is 18.7 Å². The number of nitrogens with zero attached hydrogens (tertiary/aromatic N) is 3. The molecule has 3 aromatic rings. The number of nitrogens with one attached hydrogen (secondary N) is 2. The maximum atomic E-state index is 12.0. The minimum absolute atomic E-state index is 0.126. The molecule has 0 fully saturated rings. The number of imidazole rings is 1. The summed E-state index contributed by atoms with van der Waals surface area (Å²) in [5.41, 5.74) is 8.90. The lowest BCUT2D eigenvalue weighted by Crippen LogP contribution is -2.28. The van der Waals surface area contributed by atoms with Crippen molar-refractivity contribution < 1.29 is 4.79 Å². The van der Waals surface area contributed by atoms with Gasteiger partial charge < -0.3 is 16.4 Å². The zero-order chi connectivity index (χ0) is 20.1. The van der Waals surface area contributed by atoms with Crippen LogP contribution in [0.4, 0.5) is 5.82 Å². The molecular weight excluding hydrogens is 352 g/mol. The fraction of sp³-hybridized carbons (Fsp3) is 0.381. The third kappa shape index (κ3) is 4.86. The number of carbonyl (C=O) groups is 1. The lowest BCUT2D eigenvalue weighted by molar-refractivity contribution is 0.0955. The minimum atomic E-state index is -0.126. The van der Waals surface area contributed by atoms with Crippen LogP contribution < -0.4 is 16.4 Å². The molecule has 1 aromatic carbocycles. The lowest BCUT2D eigenvalue weighted by atomic mass is 9.92. The molecule has 0 bridgehead atoms. The van der Waals surface area contributed by atoms with Crippen LogP contribution in [0.15, 0.2) is 42.6 Å². The van der Waals surface area contributed by atoms with Gasteiger partial charge in [-0.3, -0.25) is 4.79 Å². The molecule has 1 amide bonds. The van der Waals surface area contributed by atoms with Crippen LogP contribution >= 0.6 is 0 Å². The van der Waals surface area contributed by atoms with Crippen molar-refractivity contribution in [2.45, 2.75) is 27.2 Å². The highest BCUT2D eigenvalue weighted by Crippen LogP contribution is 2.22. The number of anilines is 1. The number of nitrogens with two attached hydrogens (primary N) is 1. The van der Waals surface area contributed by atoms with Crippen LogP contribution in [0.25, 0.3) is 16.9 Å². The number of rotatable bonds is 7. The van der Waals surface area contributed by atoms with Gasteiger partial charge in [-0.15, -0.1) is 5.10 Å². The first-order valence-electron chi connectivity index (χ1n) is 9.55. The molecule has 7 nitrogen and oxygen atoms in total. The first-order chi connectivity index (χ1) is 13.4. The lowest BCUT2D eigenvalue weighted by Gasteiger charge is -2.18. The molecule has 0 radical (unpaired) electrons. The highest BCUT2D eigenvalue weighted by atomic mass is 16.1. The van der Waals surface area contributed by atoms with Crippen molar-refractivity contribution in [2.75, 3.05) is 25.0 Å². The van der Waals surface area contributed by atoms with Gasteiger partial charge in [0.2, 0.25) is 0 Å². The van der Waals surface area contributed by atoms with Crippen molar-refractivity contribution >= 4 is 17.4 Å². The third-order valence-electron chi connectivity index (χ3n) is 4.42. The van der Waals surface area contributed by atoms with Crippen molar-refractivity contribution in [1.82, 2.24) is 19.9 Å². The van der Waals surface area contributed by atoms with Gasteiger partial charge >= 0.3 is 0 Å². The van der Waals surface area contributed by atoms with E-state index in [0.717, 1.165) is 35.7 Å². The van der Waals surface area contributed by atoms with Crippen LogP contribution in [0.2, 0.25) is 0 Å². The Bertz CT molecular complexity index is 940. The highest BCUT2D eigenvalue weighted by Gasteiger charge is 2.12. The maximum absolute atomic E-state index is 12.0. The van der Waals surface area contributed by atoms with Crippen LogP contribution in [0.1, 0.15) is 37.6 Å². The van der Waals surface area contributed by atoms with E-state index in [4.69, 9.17) is 5.73 Å². The number of amides is 1. The average Bonchev–Trinajstić information content (AvgIpc) is 3.08. The summed E-state index contributed by atoms with van der Waals surface area (Å²) in [5.74, 6) is 0.687. The molecule has 28 heavy (non-hydrogen) atoms. The van der Waals surface area contributed by atoms with E-state index in [1.54, 1.807) is 18.3 Å². The summed E-state index contributed by atoms with van der Waals surface area (Å²) in [6.45, 7) is 8.41. The summed E-state index contributed by atoms with van der Waals surface area (Å²) in [7, 11) is 0. The molecule has 2 aromatic heterocycles. The van der Waals surface area contributed by atoms with Gasteiger partial charge in [-0.1, -0.05) is 32.9 Å². The molecule has 0 aliphatic heterocycles. The van der Waals surface area contributed by atoms with Gasteiger partial charge in [0.25, 0.3) is 5.91 Å². The molecule has 0 spiro atoms. The van der Waals surface area contributed by atoms with Crippen LogP contribution in [-0.4, -0.2) is 40.1 Å². The molecule has 148 valence electrons. The molecule has 2 heterocycles. The predicted octanol–water partition coefficient (Wildman–Crippen LogP) is 2.93. The number of hydrogen-bond donors (Lipinski definition) is 3. The van der Waals surface area contributed by atoms with Gasteiger partial charge in [-0.05, 0) is 36.1 Å². The Morgan fingerprint density at radius 3 is 2.54 bits per heavy atom. The van der Waals surface area contributed by atoms with Gasteiger partial charge in [0.05, 0.1) is 11.9 Å². The number of fused-ring (bicyclic) bond motifs is 1. The standard InChI is InChI=1S/C21H28N6O/c1-21(2,3)10-12-23-18-8-9-19-25-14-17(27(19)26-18)15-4-6-16(7-5-15)20(28)24-13-11-22/h4-9,14H,10-13,22H2,1-3H3,(H,23,26)(H,24,28). The van der Waals surface area contributed by atoms with Crippen LogP contribution in [0.5, 0.6) is 0 Å². The second-order valence-corrected chi connectivity index (χ2v) is 7.99. The summed E-state index contributed by atoms with van der Waals surface area (Å²) in [6.07, 6.45) is 2.85. The van der Waals surface area contributed by atoms with Crippen molar-refractivity contribution in [3.05, 3.63) is 48.2 Å². The van der Waals surface area contributed by atoms with Crippen LogP contribution in [0, 0.1) is 5.41 Å². The van der Waals surface area contributed by atoms with E-state index in [2.05, 4.69) is 41.5 Å². The van der Waals surface area contributed by atoms with E-state index in [1.807, 2.05) is 28.8 Å². The highest BCUT2D eigenvalue weighted by molar-refractivity contribution is 5.94. The SMILES string of the molecule is CC(C)(C)CCNc1ccc2ncc(-c3ccc(C(=O)NCCN)cc3)n2n1. The molecule has 0 atom stereocenters. The van der Waals surface area contributed by atoms with E-state index >= 15 is 0 Å². The summed E-state index contributed by atoms with van der Waals surface area (Å²) in [6, 6.07) is 11.3. The molecule has 7 heteroatoms. The van der Waals surface area contributed by atoms with Crippen molar-refractivity contribution in [1.29, 1.82) is 0 Å². The molecule has 3 rings (SSSR count). The largest absolute Gasteiger partial charge is 0.369 e. The average molecular weight is 380 g/mol. The Hall–Kier alpha value is -2.93. The fourth-order valence-corrected chi connectivity index (χ4v) is 2.81. The van der Waals surface area contributed by atoms with Gasteiger partial charge in [0.1, 0.15) is 5.82 Å². The zero-order valence-corrected chi connectivity index (χ0v) is 16.7. The van der Waals surface area contributed by atoms with E-state index in [9.17, 15) is 4.79 Å². The Labute approximate surface area is 165 Å². The Morgan fingerprint density at radius 2 is 1.86 bits per heavy atom. The van der Waals surface area contributed by atoms with E-state index in [1.165, 1.54) is 0 Å². The van der Waals surface area contributed by atoms with E-state index in [-0.39, 0.29) is 11.3 Å². The van der Waals surface area contributed by atoms with Crippen molar-refractivity contribution in [3.63, 3.8) is 0 Å². The molecule has 4 N–H and O–H groups in total. The summed E-state index contributed by atoms with van der Waals surface area (Å²) in [4.78, 5) is 16.5. The molecule has 0 aliphatic rings. The first kappa shape index (κ1) is 19.8. The normalized spacial score (nSPS) is 11.6. The quantitative estimate of drug-likeness (QED) is 0.585. The fourth-order valence-electron chi connectivity index (χ4n) is 2.81. The molecule has 0 unspecified atom stereocenters. The summed E-state index contributed by atoms with van der Waals surface area (Å²) in [5, 5.41) is 10.8. The second-order valence-electron chi connectivity index (χ2n) is 7.99. The zero-order valence-electron chi connectivity index (χ0n) is 16.7. The number of hydrogen-bond acceptors (Lipinski definition) is 5. The smallest absolute Gasteiger partial charge is 0.251 e. The van der Waals surface area contributed by atoms with Gasteiger partial charge in [-0.25, -0.2) is 9.50 Å².